The first kappa shape index (κ1) is 78.9. The van der Waals surface area contributed by atoms with E-state index in [0.29, 0.717) is 51.9 Å². The number of hydrogen-bond acceptors (Lipinski definition) is 18. The normalized spacial score (nSPS) is 11.0. The van der Waals surface area contributed by atoms with E-state index >= 15 is 0 Å². The molecule has 0 radical (unpaired) electrons. The first-order chi connectivity index (χ1) is 39.7. The SMILES string of the molecule is CC(=O)SCC(=O)NCC(=O)NCC(=O)NCC(=O)NCCCCNC(=O)[C@@H](C)c1ccc2cc(C)ccc2c1.Cc1ccc2cc([C@H](C)C(=O)NCCCCNC(=O)C[N-]C(=O)C[N-]C(=O)C[N-]C(=O)C[S-])ccc2c1.[Na+].[O]=[99Tc+4].[O]=[Tc](=[O])(=[O])[O-]. The van der Waals surface area contributed by atoms with E-state index in [4.69, 9.17) is 17.9 Å². The van der Waals surface area contributed by atoms with Gasteiger partial charge < -0.3 is 80.2 Å². The Balaban J connectivity index is 0.00000148. The van der Waals surface area contributed by atoms with Crippen molar-refractivity contribution in [3.63, 3.8) is 0 Å². The Morgan fingerprint density at radius 2 is 0.835 bits per heavy atom. The molecule has 4 aromatic rings. The second-order valence-corrected chi connectivity index (χ2v) is 21.4. The van der Waals surface area contributed by atoms with E-state index in [0.717, 1.165) is 63.3 Å². The minimum atomic E-state index is -5.94. The molecule has 0 unspecified atom stereocenters. The average Bonchev–Trinajstić information content (AvgIpc) is 3.17. The van der Waals surface area contributed by atoms with Gasteiger partial charge in [-0.25, -0.2) is 0 Å². The zero-order chi connectivity index (χ0) is 63.2. The van der Waals surface area contributed by atoms with Crippen molar-refractivity contribution in [1.29, 1.82) is 0 Å². The zero-order valence-electron chi connectivity index (χ0n) is 47.8. The number of fused-ring (bicyclic) bond motifs is 2. The molecule has 2 atom stereocenters. The summed E-state index contributed by atoms with van der Waals surface area (Å²) in [5.74, 6) is -5.46. The molecule has 4 rings (SSSR count). The van der Waals surface area contributed by atoms with E-state index in [1.807, 2.05) is 64.1 Å². The summed E-state index contributed by atoms with van der Waals surface area (Å²) in [4.78, 5) is 128. The second kappa shape index (κ2) is 44.4. The van der Waals surface area contributed by atoms with Gasteiger partial charge in [-0.05, 0) is 92.6 Å². The second-order valence-electron chi connectivity index (χ2n) is 18.1. The number of hydrogen-bond donors (Lipinski definition) is 7. The van der Waals surface area contributed by atoms with Gasteiger partial charge >= 0.3 is 81.8 Å². The number of rotatable bonds is 29. The first-order valence-corrected chi connectivity index (χ1v) is 31.1. The van der Waals surface area contributed by atoms with Crippen LogP contribution in [0.15, 0.2) is 72.8 Å². The molecule has 0 saturated heterocycles. The Morgan fingerprint density at radius 1 is 0.506 bits per heavy atom. The van der Waals surface area contributed by atoms with E-state index in [2.05, 4.69) is 102 Å². The van der Waals surface area contributed by atoms with Crippen molar-refractivity contribution in [2.45, 2.75) is 72.1 Å². The van der Waals surface area contributed by atoms with Crippen molar-refractivity contribution < 1.29 is 135 Å². The van der Waals surface area contributed by atoms with E-state index in [1.165, 1.54) is 18.1 Å². The Hall–Kier alpha value is -6.07. The van der Waals surface area contributed by atoms with Crippen molar-refractivity contribution >= 4 is 110 Å². The Bertz CT molecular complexity index is 3090. The fourth-order valence-electron chi connectivity index (χ4n) is 6.91. The van der Waals surface area contributed by atoms with Gasteiger partial charge in [0.05, 0.1) is 37.2 Å². The molecule has 0 spiro atoms. The van der Waals surface area contributed by atoms with Gasteiger partial charge in [-0.1, -0.05) is 109 Å². The zero-order valence-corrected chi connectivity index (χ0v) is 55.2. The topological polar surface area (TPSA) is 406 Å². The number of thioether (sulfide) groups is 1. The summed E-state index contributed by atoms with van der Waals surface area (Å²) in [6.45, 7) is 8.64. The maximum absolute atomic E-state index is 12.6. The summed E-state index contributed by atoms with van der Waals surface area (Å²) in [5, 5.41) is 32.9. The van der Waals surface area contributed by atoms with Gasteiger partial charge in [-0.15, -0.1) is 5.75 Å². The fraction of sp³-hybridized carbons (Fsp3) is 0.426. The van der Waals surface area contributed by atoms with Crippen LogP contribution in [0.3, 0.4) is 0 Å². The van der Waals surface area contributed by atoms with Gasteiger partial charge in [0.25, 0.3) is 0 Å². The number of aryl methyl sites for hydroxylation is 2. The molecule has 0 saturated carbocycles. The maximum atomic E-state index is 12.6. The van der Waals surface area contributed by atoms with Crippen LogP contribution in [0, 0.1) is 13.8 Å². The van der Waals surface area contributed by atoms with Gasteiger partial charge in [0.15, 0.2) is 5.12 Å². The predicted molar refractivity (Wildman–Crippen MR) is 302 cm³/mol. The van der Waals surface area contributed by atoms with E-state index in [1.54, 1.807) is 0 Å². The van der Waals surface area contributed by atoms with Crippen LogP contribution in [0.25, 0.3) is 37.5 Å². The molecule has 0 aliphatic heterocycles. The summed E-state index contributed by atoms with van der Waals surface area (Å²) < 4.78 is 42.7. The van der Waals surface area contributed by atoms with Crippen LogP contribution in [0.5, 0.6) is 0 Å². The van der Waals surface area contributed by atoms with Gasteiger partial charge in [-0.3, -0.25) is 38.4 Å². The fourth-order valence-corrected chi connectivity index (χ4v) is 7.44. The van der Waals surface area contributed by atoms with Gasteiger partial charge in [-0.2, -0.15) is 0 Å². The minimum absolute atomic E-state index is 0. The van der Waals surface area contributed by atoms with Crippen molar-refractivity contribution in [3.05, 3.63) is 111 Å². The third-order valence-corrected chi connectivity index (χ3v) is 12.4. The van der Waals surface area contributed by atoms with Crippen LogP contribution in [-0.2, 0) is 114 Å². The number of nitrogens with one attached hydrogen (secondary N) is 7. The molecule has 26 nitrogen and oxygen atoms in total. The van der Waals surface area contributed by atoms with E-state index in [-0.39, 0.29) is 102 Å². The quantitative estimate of drug-likeness (QED) is 0.0189. The van der Waals surface area contributed by atoms with E-state index < -0.39 is 70.0 Å². The molecule has 0 aliphatic carbocycles. The van der Waals surface area contributed by atoms with E-state index in [9.17, 15) is 52.7 Å². The third-order valence-electron chi connectivity index (χ3n) is 11.3. The molecule has 0 aromatic heterocycles. The Morgan fingerprint density at radius 3 is 1.24 bits per heavy atom. The summed E-state index contributed by atoms with van der Waals surface area (Å²) in [5.41, 5.74) is 4.29. The standard InChI is InChI=1S/C28H37N5O6S.C26H35N5O5S.Na.5O.2Tc/c1-18-6-7-23-13-21(8-9-22(23)12-18)19(2)28(39)30-11-5-4-10-29-24(35)14-31-25(36)15-32-26(37)16-33-27(38)17-40-20(3)34;1-17-5-6-21-12-19(7-8-20(21)11-17)18(2)26(36)28-10-4-3-9-27-22(32)13-29-23(33)14-30-24(34)15-31-25(35)16-37;;;;;;;;/h6-9,12-13,19H,4-5,10-11,14-17H2,1-3H3,(H,29,35)(H,30,39)(H,31,36)(H,32,37)(H,33,38);5-8,11-12,18H,3-4,9-10,13-16H2,1-2H3,(H6,27,28,29,30,31,32,33,34,35,36,37);;;;;;;;/q;;+1;;;;;-1;+4;/p-4/t19-;18-;;;;;;;;/m00......../s1/i;;;;;;;;1+1;. The van der Waals surface area contributed by atoms with Crippen LogP contribution < -0.4 is 70.6 Å². The molecule has 7 N–H and O–H groups in total. The molecule has 457 valence electrons. The van der Waals surface area contributed by atoms with Gasteiger partial charge in [0.1, 0.15) is 0 Å². The number of amides is 10. The molecule has 0 bridgehead atoms. The molecule has 10 amide bonds. The van der Waals surface area contributed by atoms with Gasteiger partial charge in [0, 0.05) is 50.8 Å². The van der Waals surface area contributed by atoms with Crippen molar-refractivity contribution in [2.75, 3.05) is 77.0 Å². The van der Waals surface area contributed by atoms with Crippen molar-refractivity contribution in [1.82, 2.24) is 37.2 Å². The molecule has 31 heteroatoms. The molecule has 85 heavy (non-hydrogen) atoms. The number of carbonyl (C=O) groups excluding carboxylic acids is 11. The summed E-state index contributed by atoms with van der Waals surface area (Å²) >= 11 is 0.273. The monoisotopic (exact) mass is 1400 g/mol. The van der Waals surface area contributed by atoms with Gasteiger partial charge in [0.2, 0.25) is 41.4 Å². The average molecular weight is 1400 g/mol. The molecular formula is C54H68N10NaO16S2Tc2. The number of benzene rings is 4. The van der Waals surface area contributed by atoms with Crippen molar-refractivity contribution in [2.24, 2.45) is 0 Å². The number of unbranched alkanes of at least 4 members (excludes halogenated alkanes) is 2. The van der Waals surface area contributed by atoms with Crippen LogP contribution in [0.4, 0.5) is 0 Å². The molecule has 0 aliphatic rings. The summed E-state index contributed by atoms with van der Waals surface area (Å²) in [6, 6.07) is 24.5. The number of nitrogens with zero attached hydrogens (tertiary/aromatic N) is 3. The molecule has 4 aromatic carbocycles. The molecular weight excluding hydrogens is 1330 g/mol. The summed E-state index contributed by atoms with van der Waals surface area (Å²) in [6.07, 6.45) is 2.64. The third kappa shape index (κ3) is 37.9. The summed E-state index contributed by atoms with van der Waals surface area (Å²) in [7, 11) is 0. The Kier molecular flexibility index (Phi) is 41.2. The van der Waals surface area contributed by atoms with Crippen LogP contribution >= 0.6 is 11.8 Å². The van der Waals surface area contributed by atoms with Crippen LogP contribution in [-0.4, -0.2) is 141 Å². The van der Waals surface area contributed by atoms with Crippen molar-refractivity contribution in [3.8, 4) is 0 Å². The molecule has 0 fully saturated rings. The van der Waals surface area contributed by atoms with Crippen LogP contribution in [0.1, 0.15) is 80.5 Å². The Labute approximate surface area is 537 Å². The number of carbonyl (C=O) groups is 11. The first-order valence-electron chi connectivity index (χ1n) is 25.7. The molecule has 0 heterocycles. The van der Waals surface area contributed by atoms with Crippen LogP contribution in [0.2, 0.25) is 0 Å². The predicted octanol–water partition coefficient (Wildman–Crippen LogP) is -1.26.